The van der Waals surface area contributed by atoms with E-state index in [1.807, 2.05) is 16.7 Å². The lowest BCUT2D eigenvalue weighted by Gasteiger charge is -2.40. The molecule has 2 fully saturated rings. The van der Waals surface area contributed by atoms with Gasteiger partial charge in [-0.25, -0.2) is 0 Å². The lowest BCUT2D eigenvalue weighted by Crippen LogP contribution is -2.47. The second-order valence-corrected chi connectivity index (χ2v) is 9.84. The molecule has 0 unspecified atom stereocenters. The normalized spacial score (nSPS) is 22.9. The first-order chi connectivity index (χ1) is 15.5. The van der Waals surface area contributed by atoms with E-state index in [0.717, 1.165) is 58.5 Å². The van der Waals surface area contributed by atoms with Gasteiger partial charge in [-0.15, -0.1) is 0 Å². The van der Waals surface area contributed by atoms with Crippen LogP contribution in [0.5, 0.6) is 0 Å². The van der Waals surface area contributed by atoms with E-state index in [4.69, 9.17) is 4.42 Å². The van der Waals surface area contributed by atoms with Crippen molar-refractivity contribution >= 4 is 11.8 Å². The number of carbonyl (C=O) groups excluding carboxylic acids is 2. The number of benzene rings is 1. The zero-order valence-electron chi connectivity index (χ0n) is 19.2. The largest absolute Gasteiger partial charge is 0.469 e. The summed E-state index contributed by atoms with van der Waals surface area (Å²) in [5, 5.41) is 0. The molecule has 2 aliphatic heterocycles. The van der Waals surface area contributed by atoms with Crippen molar-refractivity contribution in [3.8, 4) is 0 Å². The fraction of sp³-hybridized carbons (Fsp3) is 0.538. The number of piperidine rings is 1. The van der Waals surface area contributed by atoms with Crippen LogP contribution in [-0.2, 0) is 10.2 Å². The maximum atomic E-state index is 13.1. The molecule has 0 radical (unpaired) electrons. The molecule has 170 valence electrons. The van der Waals surface area contributed by atoms with E-state index < -0.39 is 0 Å². The Hall–Kier alpha value is -2.60. The molecule has 1 atom stereocenters. The van der Waals surface area contributed by atoms with Crippen LogP contribution in [0.15, 0.2) is 41.0 Å². The Kier molecular flexibility index (Phi) is 5.58. The van der Waals surface area contributed by atoms with Gasteiger partial charge in [-0.1, -0.05) is 24.3 Å². The minimum atomic E-state index is 0.0687. The van der Waals surface area contributed by atoms with Crippen molar-refractivity contribution in [1.82, 2.24) is 14.7 Å². The molecule has 0 bridgehead atoms. The zero-order valence-corrected chi connectivity index (χ0v) is 19.2. The number of furan rings is 1. The summed E-state index contributed by atoms with van der Waals surface area (Å²) in [6.07, 6.45) is 5.10. The molecule has 32 heavy (non-hydrogen) atoms. The summed E-state index contributed by atoms with van der Waals surface area (Å²) >= 11 is 0. The molecule has 6 heteroatoms. The number of rotatable bonds is 3. The first kappa shape index (κ1) is 21.3. The summed E-state index contributed by atoms with van der Waals surface area (Å²) in [7, 11) is 2.11. The van der Waals surface area contributed by atoms with Crippen molar-refractivity contribution in [1.29, 1.82) is 0 Å². The second kappa shape index (κ2) is 8.39. The molecule has 1 aromatic carbocycles. The van der Waals surface area contributed by atoms with Crippen molar-refractivity contribution < 1.29 is 14.0 Å². The Morgan fingerprint density at radius 1 is 1.00 bits per heavy atom. The lowest BCUT2D eigenvalue weighted by atomic mass is 9.73. The standard InChI is InChI=1S/C26H33N3O3/c1-19-21(7-16-32-19)25(31)29-10-8-26(9-11-29)18-20(22-5-3-4-6-23(22)26)17-24(30)28-14-12-27(2)13-15-28/h3-7,16,20H,8-15,17-18H2,1-2H3/t20-/m0/s1. The number of likely N-dealkylation sites (tertiary alicyclic amines) is 1. The average molecular weight is 436 g/mol. The van der Waals surface area contributed by atoms with Crippen LogP contribution in [0.3, 0.4) is 0 Å². The average Bonchev–Trinajstić information content (AvgIpc) is 3.36. The van der Waals surface area contributed by atoms with Gasteiger partial charge in [-0.3, -0.25) is 9.59 Å². The first-order valence-corrected chi connectivity index (χ1v) is 11.9. The first-order valence-electron chi connectivity index (χ1n) is 11.9. The highest BCUT2D eigenvalue weighted by atomic mass is 16.3. The molecular formula is C26H33N3O3. The maximum absolute atomic E-state index is 13.1. The second-order valence-electron chi connectivity index (χ2n) is 9.84. The summed E-state index contributed by atoms with van der Waals surface area (Å²) in [5.74, 6) is 1.32. The van der Waals surface area contributed by atoms with Crippen molar-refractivity contribution in [2.24, 2.45) is 0 Å². The highest BCUT2D eigenvalue weighted by Crippen LogP contribution is 2.52. The number of nitrogens with zero attached hydrogens (tertiary/aromatic N) is 3. The summed E-state index contributed by atoms with van der Waals surface area (Å²) in [5.41, 5.74) is 3.50. The van der Waals surface area contributed by atoms with Crippen molar-refractivity contribution in [2.75, 3.05) is 46.3 Å². The van der Waals surface area contributed by atoms with Crippen LogP contribution in [0, 0.1) is 6.92 Å². The van der Waals surface area contributed by atoms with Gasteiger partial charge in [0.25, 0.3) is 5.91 Å². The molecule has 3 aliphatic rings. The van der Waals surface area contributed by atoms with Gasteiger partial charge in [0.15, 0.2) is 0 Å². The molecule has 5 rings (SSSR count). The molecule has 3 heterocycles. The Bertz CT molecular complexity index is 997. The number of fused-ring (bicyclic) bond motifs is 2. The van der Waals surface area contributed by atoms with Crippen LogP contribution in [0.1, 0.15) is 58.8 Å². The lowest BCUT2D eigenvalue weighted by molar-refractivity contribution is -0.133. The van der Waals surface area contributed by atoms with E-state index in [1.165, 1.54) is 11.1 Å². The molecular weight excluding hydrogens is 402 g/mol. The van der Waals surface area contributed by atoms with Crippen LogP contribution in [0.2, 0.25) is 0 Å². The third kappa shape index (κ3) is 3.75. The van der Waals surface area contributed by atoms with Crippen LogP contribution in [0.4, 0.5) is 0 Å². The smallest absolute Gasteiger partial charge is 0.257 e. The molecule has 1 aliphatic carbocycles. The monoisotopic (exact) mass is 435 g/mol. The fourth-order valence-corrected chi connectivity index (χ4v) is 5.99. The van der Waals surface area contributed by atoms with Crippen LogP contribution < -0.4 is 0 Å². The van der Waals surface area contributed by atoms with Crippen LogP contribution in [0.25, 0.3) is 0 Å². The Morgan fingerprint density at radius 2 is 1.72 bits per heavy atom. The zero-order chi connectivity index (χ0) is 22.3. The summed E-state index contributed by atoms with van der Waals surface area (Å²) in [6.45, 7) is 6.91. The van der Waals surface area contributed by atoms with Crippen molar-refractivity contribution in [3.63, 3.8) is 0 Å². The fourth-order valence-electron chi connectivity index (χ4n) is 5.99. The number of piperazine rings is 1. The molecule has 2 saturated heterocycles. The van der Waals surface area contributed by atoms with E-state index in [0.29, 0.717) is 17.7 Å². The molecule has 1 aromatic heterocycles. The molecule has 1 spiro atoms. The van der Waals surface area contributed by atoms with Gasteiger partial charge >= 0.3 is 0 Å². The number of amides is 2. The molecule has 2 amide bonds. The van der Waals surface area contributed by atoms with Gasteiger partial charge in [0.1, 0.15) is 5.76 Å². The third-order valence-corrected chi connectivity index (χ3v) is 7.98. The van der Waals surface area contributed by atoms with E-state index in [2.05, 4.69) is 36.2 Å². The topological polar surface area (TPSA) is 57.0 Å². The van der Waals surface area contributed by atoms with Gasteiger partial charge < -0.3 is 19.1 Å². The third-order valence-electron chi connectivity index (χ3n) is 7.98. The van der Waals surface area contributed by atoms with Crippen LogP contribution in [-0.4, -0.2) is 72.8 Å². The predicted octanol–water partition coefficient (Wildman–Crippen LogP) is 3.41. The molecule has 0 N–H and O–H groups in total. The highest BCUT2D eigenvalue weighted by Gasteiger charge is 2.46. The Balaban J connectivity index is 1.29. The van der Waals surface area contributed by atoms with Crippen molar-refractivity contribution in [3.05, 3.63) is 59.0 Å². The summed E-state index contributed by atoms with van der Waals surface area (Å²) < 4.78 is 5.34. The van der Waals surface area contributed by atoms with Gasteiger partial charge in [-0.2, -0.15) is 0 Å². The summed E-state index contributed by atoms with van der Waals surface area (Å²) in [4.78, 5) is 32.3. The number of hydrogen-bond acceptors (Lipinski definition) is 4. The van der Waals surface area contributed by atoms with Crippen LogP contribution >= 0.6 is 0 Å². The minimum absolute atomic E-state index is 0.0687. The number of likely N-dealkylation sites (N-methyl/N-ethyl adjacent to an activating group) is 1. The Morgan fingerprint density at radius 3 is 2.41 bits per heavy atom. The molecule has 0 saturated carbocycles. The Labute approximate surface area is 190 Å². The predicted molar refractivity (Wildman–Crippen MR) is 123 cm³/mol. The van der Waals surface area contributed by atoms with Gasteiger partial charge in [0, 0.05) is 45.7 Å². The number of hydrogen-bond donors (Lipinski definition) is 0. The van der Waals surface area contributed by atoms with E-state index in [9.17, 15) is 9.59 Å². The number of aryl methyl sites for hydroxylation is 1. The van der Waals surface area contributed by atoms with Gasteiger partial charge in [0.2, 0.25) is 5.91 Å². The highest BCUT2D eigenvalue weighted by molar-refractivity contribution is 5.95. The van der Waals surface area contributed by atoms with E-state index in [-0.39, 0.29) is 23.1 Å². The van der Waals surface area contributed by atoms with Gasteiger partial charge in [-0.05, 0) is 61.8 Å². The quantitative estimate of drug-likeness (QED) is 0.741. The summed E-state index contributed by atoms with van der Waals surface area (Å²) in [6, 6.07) is 10.5. The van der Waals surface area contributed by atoms with E-state index >= 15 is 0 Å². The molecule has 2 aromatic rings. The van der Waals surface area contributed by atoms with Crippen molar-refractivity contribution in [2.45, 2.75) is 43.9 Å². The van der Waals surface area contributed by atoms with Gasteiger partial charge in [0.05, 0.1) is 11.8 Å². The number of carbonyl (C=O) groups is 2. The van der Waals surface area contributed by atoms with E-state index in [1.54, 1.807) is 12.3 Å². The maximum Gasteiger partial charge on any atom is 0.257 e. The SMILES string of the molecule is Cc1occc1C(=O)N1CCC2(CC1)C[C@H](CC(=O)N1CCN(C)CC1)c1ccccc12. The minimum Gasteiger partial charge on any atom is -0.469 e. The molecule has 6 nitrogen and oxygen atoms in total.